The van der Waals surface area contributed by atoms with Crippen molar-refractivity contribution in [2.75, 3.05) is 0 Å². The first-order valence-corrected chi connectivity index (χ1v) is 5.87. The summed E-state index contributed by atoms with van der Waals surface area (Å²) >= 11 is 0. The highest BCUT2D eigenvalue weighted by Crippen LogP contribution is 2.30. The molecule has 0 bridgehead atoms. The number of carboxylic acids is 1. The first-order chi connectivity index (χ1) is 9.99. The van der Waals surface area contributed by atoms with Gasteiger partial charge < -0.3 is 9.84 Å². The van der Waals surface area contributed by atoms with Gasteiger partial charge in [-0.15, -0.1) is 0 Å². The zero-order valence-corrected chi connectivity index (χ0v) is 10.7. The fraction of sp³-hybridized carbons (Fsp3) is 0.0714. The molecule has 7 heteroatoms. The maximum absolute atomic E-state index is 13.6. The van der Waals surface area contributed by atoms with Crippen LogP contribution in [-0.2, 0) is 6.61 Å². The maximum atomic E-state index is 13.6. The van der Waals surface area contributed by atoms with Crippen molar-refractivity contribution in [2.24, 2.45) is 0 Å². The minimum absolute atomic E-state index is 0.107. The fourth-order valence-corrected chi connectivity index (χ4v) is 1.68. The molecule has 0 saturated heterocycles. The third kappa shape index (κ3) is 3.33. The lowest BCUT2D eigenvalue weighted by atomic mass is 10.1. The van der Waals surface area contributed by atoms with E-state index in [2.05, 4.69) is 0 Å². The van der Waals surface area contributed by atoms with Crippen molar-refractivity contribution in [3.05, 3.63) is 69.5 Å². The molecule has 0 fully saturated rings. The first-order valence-electron chi connectivity index (χ1n) is 5.87. The quantitative estimate of drug-likeness (QED) is 0.675. The zero-order chi connectivity index (χ0) is 15.4. The van der Waals surface area contributed by atoms with Crippen molar-refractivity contribution in [3.63, 3.8) is 0 Å². The molecule has 2 aromatic carbocycles. The Morgan fingerprint density at radius 2 is 1.90 bits per heavy atom. The Hall–Kier alpha value is -2.96. The van der Waals surface area contributed by atoms with Crippen LogP contribution in [0.4, 0.5) is 10.1 Å². The average Bonchev–Trinajstić information content (AvgIpc) is 2.46. The monoisotopic (exact) mass is 291 g/mol. The molecule has 0 radical (unpaired) electrons. The van der Waals surface area contributed by atoms with Crippen molar-refractivity contribution in [2.45, 2.75) is 6.61 Å². The van der Waals surface area contributed by atoms with E-state index in [1.54, 1.807) is 0 Å². The summed E-state index contributed by atoms with van der Waals surface area (Å²) in [6.45, 7) is -0.109. The van der Waals surface area contributed by atoms with Gasteiger partial charge in [0.05, 0.1) is 10.5 Å². The van der Waals surface area contributed by atoms with Crippen LogP contribution in [0.1, 0.15) is 15.9 Å². The van der Waals surface area contributed by atoms with Gasteiger partial charge in [-0.1, -0.05) is 18.2 Å². The summed E-state index contributed by atoms with van der Waals surface area (Å²) in [5, 5.41) is 19.6. The number of rotatable bonds is 5. The molecule has 0 heterocycles. The summed E-state index contributed by atoms with van der Waals surface area (Å²) in [7, 11) is 0. The fourth-order valence-electron chi connectivity index (χ4n) is 1.68. The molecule has 2 aromatic rings. The van der Waals surface area contributed by atoms with Gasteiger partial charge in [-0.25, -0.2) is 9.18 Å². The van der Waals surface area contributed by atoms with E-state index in [4.69, 9.17) is 9.84 Å². The average molecular weight is 291 g/mol. The summed E-state index contributed by atoms with van der Waals surface area (Å²) < 4.78 is 18.7. The van der Waals surface area contributed by atoms with Gasteiger partial charge in [0.2, 0.25) is 5.75 Å². The van der Waals surface area contributed by atoms with Crippen molar-refractivity contribution in [1.82, 2.24) is 0 Å². The lowest BCUT2D eigenvalue weighted by Gasteiger charge is -2.08. The molecule has 1 N–H and O–H groups in total. The van der Waals surface area contributed by atoms with Gasteiger partial charge in [0.25, 0.3) is 0 Å². The molecule has 0 atom stereocenters. The van der Waals surface area contributed by atoms with E-state index < -0.39 is 28.1 Å². The number of carboxylic acid groups (broad SMARTS) is 1. The number of hydrogen-bond donors (Lipinski definition) is 1. The molecule has 21 heavy (non-hydrogen) atoms. The number of nitro groups is 1. The molecule has 0 aliphatic carbocycles. The van der Waals surface area contributed by atoms with E-state index in [0.29, 0.717) is 5.56 Å². The van der Waals surface area contributed by atoms with Gasteiger partial charge in [0, 0.05) is 6.07 Å². The number of ether oxygens (including phenoxy) is 1. The molecule has 0 spiro atoms. The number of carbonyl (C=O) groups is 1. The summed E-state index contributed by atoms with van der Waals surface area (Å²) in [4.78, 5) is 20.8. The molecule has 0 aliphatic rings. The van der Waals surface area contributed by atoms with E-state index in [1.165, 1.54) is 30.3 Å². The van der Waals surface area contributed by atoms with Gasteiger partial charge in [-0.2, -0.15) is 0 Å². The van der Waals surface area contributed by atoms with Crippen LogP contribution in [0.15, 0.2) is 42.5 Å². The SMILES string of the molecule is O=C(O)c1ccc(COc2c(F)cccc2[N+](=O)[O-])cc1. The Balaban J connectivity index is 2.16. The largest absolute Gasteiger partial charge is 0.480 e. The molecule has 2 rings (SSSR count). The lowest BCUT2D eigenvalue weighted by Crippen LogP contribution is -2.02. The zero-order valence-electron chi connectivity index (χ0n) is 10.7. The van der Waals surface area contributed by atoms with Crippen LogP contribution >= 0.6 is 0 Å². The summed E-state index contributed by atoms with van der Waals surface area (Å²) in [6, 6.07) is 9.17. The number of benzene rings is 2. The standard InChI is InChI=1S/C14H10FNO5/c15-11-2-1-3-12(16(19)20)13(11)21-8-9-4-6-10(7-5-9)14(17)18/h1-7H,8H2,(H,17,18). The Bertz CT molecular complexity index is 684. The highest BCUT2D eigenvalue weighted by atomic mass is 19.1. The predicted molar refractivity (Wildman–Crippen MR) is 70.8 cm³/mol. The molecular weight excluding hydrogens is 281 g/mol. The summed E-state index contributed by atoms with van der Waals surface area (Å²) in [6.07, 6.45) is 0. The number of hydrogen-bond acceptors (Lipinski definition) is 4. The van der Waals surface area contributed by atoms with Crippen LogP contribution in [0, 0.1) is 15.9 Å². The third-order valence-corrected chi connectivity index (χ3v) is 2.73. The number of para-hydroxylation sites is 1. The van der Waals surface area contributed by atoms with Crippen molar-refractivity contribution >= 4 is 11.7 Å². The number of nitrogens with zero attached hydrogens (tertiary/aromatic N) is 1. The Labute approximate surface area is 118 Å². The first kappa shape index (κ1) is 14.4. The van der Waals surface area contributed by atoms with Crippen LogP contribution in [0.3, 0.4) is 0 Å². The highest BCUT2D eigenvalue weighted by molar-refractivity contribution is 5.87. The van der Waals surface area contributed by atoms with E-state index >= 15 is 0 Å². The van der Waals surface area contributed by atoms with Gasteiger partial charge in [-0.3, -0.25) is 10.1 Å². The van der Waals surface area contributed by atoms with Crippen molar-refractivity contribution in [3.8, 4) is 5.75 Å². The molecule has 6 nitrogen and oxygen atoms in total. The van der Waals surface area contributed by atoms with Crippen LogP contribution in [0.5, 0.6) is 5.75 Å². The topological polar surface area (TPSA) is 89.7 Å². The second-order valence-electron chi connectivity index (χ2n) is 4.14. The molecule has 108 valence electrons. The van der Waals surface area contributed by atoms with Crippen LogP contribution in [0.25, 0.3) is 0 Å². The Morgan fingerprint density at radius 3 is 2.48 bits per heavy atom. The molecule has 0 aliphatic heterocycles. The van der Waals surface area contributed by atoms with Gasteiger partial charge in [0.1, 0.15) is 6.61 Å². The second kappa shape index (κ2) is 6.00. The minimum atomic E-state index is -1.06. The molecule has 0 unspecified atom stereocenters. The lowest BCUT2D eigenvalue weighted by molar-refractivity contribution is -0.386. The number of halogens is 1. The van der Waals surface area contributed by atoms with Crippen LogP contribution in [-0.4, -0.2) is 16.0 Å². The van der Waals surface area contributed by atoms with Crippen molar-refractivity contribution in [1.29, 1.82) is 0 Å². The normalized spacial score (nSPS) is 10.1. The Morgan fingerprint density at radius 1 is 1.24 bits per heavy atom. The predicted octanol–water partition coefficient (Wildman–Crippen LogP) is 3.01. The number of aromatic carboxylic acids is 1. The van der Waals surface area contributed by atoms with Crippen LogP contribution in [0.2, 0.25) is 0 Å². The van der Waals surface area contributed by atoms with Gasteiger partial charge >= 0.3 is 11.7 Å². The smallest absolute Gasteiger partial charge is 0.335 e. The molecular formula is C14H10FNO5. The van der Waals surface area contributed by atoms with Crippen LogP contribution < -0.4 is 4.74 Å². The van der Waals surface area contributed by atoms with E-state index in [1.807, 2.05) is 0 Å². The van der Waals surface area contributed by atoms with E-state index in [9.17, 15) is 19.3 Å². The van der Waals surface area contributed by atoms with Crippen molar-refractivity contribution < 1.29 is 24.0 Å². The maximum Gasteiger partial charge on any atom is 0.335 e. The highest BCUT2D eigenvalue weighted by Gasteiger charge is 2.19. The van der Waals surface area contributed by atoms with E-state index in [0.717, 1.165) is 12.1 Å². The molecule has 0 amide bonds. The molecule has 0 aromatic heterocycles. The summed E-state index contributed by atoms with van der Waals surface area (Å²) in [5.41, 5.74) is 0.213. The summed E-state index contributed by atoms with van der Waals surface area (Å²) in [5.74, 6) is -2.33. The third-order valence-electron chi connectivity index (χ3n) is 2.73. The Kier molecular flexibility index (Phi) is 4.13. The molecule has 0 saturated carbocycles. The van der Waals surface area contributed by atoms with Gasteiger partial charge in [0.15, 0.2) is 5.82 Å². The number of nitro benzene ring substituents is 1. The second-order valence-corrected chi connectivity index (χ2v) is 4.14. The minimum Gasteiger partial charge on any atom is -0.480 e. The van der Waals surface area contributed by atoms with E-state index in [-0.39, 0.29) is 12.2 Å². The van der Waals surface area contributed by atoms with Gasteiger partial charge in [-0.05, 0) is 23.8 Å².